The number of ether oxygens (including phenoxy) is 1. The molecule has 0 aromatic carbocycles. The highest BCUT2D eigenvalue weighted by molar-refractivity contribution is 14.0. The van der Waals surface area contributed by atoms with Crippen LogP contribution in [0.5, 0.6) is 0 Å². The van der Waals surface area contributed by atoms with E-state index < -0.39 is 5.60 Å². The van der Waals surface area contributed by atoms with Crippen LogP contribution in [0.4, 0.5) is 4.79 Å². The number of H-pyrrole nitrogens is 1. The van der Waals surface area contributed by atoms with Crippen molar-refractivity contribution >= 4 is 41.9 Å². The van der Waals surface area contributed by atoms with Crippen molar-refractivity contribution in [1.29, 1.82) is 0 Å². The summed E-state index contributed by atoms with van der Waals surface area (Å²) in [5, 5.41) is 12.5. The second-order valence-electron chi connectivity index (χ2n) is 7.59. The predicted octanol–water partition coefficient (Wildman–Crippen LogP) is 0.638. The van der Waals surface area contributed by atoms with Crippen molar-refractivity contribution < 1.29 is 14.3 Å². The third kappa shape index (κ3) is 5.72. The third-order valence-corrected chi connectivity index (χ3v) is 4.30. The van der Waals surface area contributed by atoms with E-state index in [4.69, 9.17) is 4.74 Å². The molecule has 1 atom stereocenters. The van der Waals surface area contributed by atoms with Crippen molar-refractivity contribution in [2.45, 2.75) is 32.4 Å². The molecular formula is C17H28IN7O3. The topological polar surface area (TPSA) is 115 Å². The van der Waals surface area contributed by atoms with Gasteiger partial charge >= 0.3 is 6.09 Å². The highest BCUT2D eigenvalue weighted by Gasteiger charge is 2.36. The van der Waals surface area contributed by atoms with Crippen molar-refractivity contribution in [1.82, 2.24) is 30.6 Å². The minimum Gasteiger partial charge on any atom is -0.444 e. The maximum Gasteiger partial charge on any atom is 0.410 e. The average Bonchev–Trinajstić information content (AvgIpc) is 3.26. The summed E-state index contributed by atoms with van der Waals surface area (Å²) in [5.74, 6) is 0.631. The number of fused-ring (bicyclic) bond motifs is 1. The number of nitrogens with one attached hydrogen (secondary N) is 3. The third-order valence-electron chi connectivity index (χ3n) is 4.30. The van der Waals surface area contributed by atoms with E-state index in [2.05, 4.69) is 30.7 Å². The molecule has 10 nitrogen and oxygen atoms in total. The van der Waals surface area contributed by atoms with Crippen LogP contribution in [-0.4, -0.2) is 88.9 Å². The van der Waals surface area contributed by atoms with Crippen molar-refractivity contribution in [2.24, 2.45) is 4.99 Å². The Morgan fingerprint density at radius 3 is 2.79 bits per heavy atom. The highest BCUT2D eigenvalue weighted by atomic mass is 127. The summed E-state index contributed by atoms with van der Waals surface area (Å²) >= 11 is 0. The summed E-state index contributed by atoms with van der Waals surface area (Å²) in [6.45, 7) is 9.19. The number of nitrogens with zero attached hydrogens (tertiary/aromatic N) is 4. The molecule has 3 heterocycles. The van der Waals surface area contributed by atoms with Crippen molar-refractivity contribution in [3.8, 4) is 0 Å². The van der Waals surface area contributed by atoms with Crippen LogP contribution in [0.3, 0.4) is 0 Å². The van der Waals surface area contributed by atoms with Gasteiger partial charge in [0, 0.05) is 38.9 Å². The zero-order chi connectivity index (χ0) is 19.4. The van der Waals surface area contributed by atoms with Crippen molar-refractivity contribution in [2.75, 3.05) is 39.3 Å². The summed E-state index contributed by atoms with van der Waals surface area (Å²) in [6.07, 6.45) is 1.27. The van der Waals surface area contributed by atoms with E-state index in [0.29, 0.717) is 45.0 Å². The molecule has 1 aromatic heterocycles. The van der Waals surface area contributed by atoms with E-state index in [1.807, 2.05) is 20.8 Å². The number of aromatic nitrogens is 2. The summed E-state index contributed by atoms with van der Waals surface area (Å²) < 4.78 is 5.45. The number of aromatic amines is 1. The number of aliphatic imine (C=N–C) groups is 1. The van der Waals surface area contributed by atoms with Gasteiger partial charge in [0.15, 0.2) is 5.96 Å². The van der Waals surface area contributed by atoms with Gasteiger partial charge in [0.1, 0.15) is 11.3 Å². The number of halogens is 1. The van der Waals surface area contributed by atoms with Crippen LogP contribution in [0, 0.1) is 0 Å². The first kappa shape index (κ1) is 22.2. The lowest BCUT2D eigenvalue weighted by molar-refractivity contribution is 0.0137. The largest absolute Gasteiger partial charge is 0.444 e. The lowest BCUT2D eigenvalue weighted by Gasteiger charge is -2.39. The first-order valence-corrected chi connectivity index (χ1v) is 9.14. The maximum absolute atomic E-state index is 12.2. The average molecular weight is 505 g/mol. The summed E-state index contributed by atoms with van der Waals surface area (Å²) in [6, 6.07) is 1.78. The highest BCUT2D eigenvalue weighted by Crippen LogP contribution is 2.18. The fraction of sp³-hybridized carbons (Fsp3) is 0.647. The number of carbonyl (C=O) groups excluding carboxylic acids is 2. The smallest absolute Gasteiger partial charge is 0.410 e. The molecule has 3 rings (SSSR count). The van der Waals surface area contributed by atoms with E-state index in [1.54, 1.807) is 11.0 Å². The molecular weight excluding hydrogens is 477 g/mol. The first-order chi connectivity index (χ1) is 12.8. The number of hydrogen-bond donors (Lipinski definition) is 3. The van der Waals surface area contributed by atoms with E-state index in [-0.39, 0.29) is 42.0 Å². The molecule has 2 aliphatic heterocycles. The number of amides is 2. The van der Waals surface area contributed by atoms with Gasteiger partial charge in [0.05, 0.1) is 12.6 Å². The van der Waals surface area contributed by atoms with Crippen molar-refractivity contribution in [3.05, 3.63) is 18.0 Å². The second kappa shape index (κ2) is 9.43. The number of guanidine groups is 1. The van der Waals surface area contributed by atoms with Crippen LogP contribution in [0.1, 0.15) is 31.3 Å². The number of hydrogen-bond acceptors (Lipinski definition) is 7. The molecule has 0 radical (unpaired) electrons. The fourth-order valence-corrected chi connectivity index (χ4v) is 3.05. The minimum absolute atomic E-state index is 0. The SMILES string of the molecule is CC(C)(C)OC(=O)N1CCN2C(NCCNC(=O)c3ccn[nH]3)=NCC2C1.I. The monoisotopic (exact) mass is 505 g/mol. The van der Waals surface area contributed by atoms with E-state index >= 15 is 0 Å². The molecule has 3 N–H and O–H groups in total. The van der Waals surface area contributed by atoms with Crippen LogP contribution >= 0.6 is 24.0 Å². The molecule has 2 amide bonds. The van der Waals surface area contributed by atoms with Gasteiger partial charge in [-0.1, -0.05) is 0 Å². The normalized spacial score (nSPS) is 18.7. The summed E-state index contributed by atoms with van der Waals surface area (Å²) in [4.78, 5) is 32.5. The van der Waals surface area contributed by atoms with Gasteiger partial charge in [0.2, 0.25) is 0 Å². The Bertz CT molecular complexity index is 702. The van der Waals surface area contributed by atoms with Crippen LogP contribution in [0.2, 0.25) is 0 Å². The molecule has 1 unspecified atom stereocenters. The molecule has 0 bridgehead atoms. The molecule has 0 saturated carbocycles. The molecule has 0 spiro atoms. The van der Waals surface area contributed by atoms with Crippen LogP contribution in [0.25, 0.3) is 0 Å². The second-order valence-corrected chi connectivity index (χ2v) is 7.59. The zero-order valence-electron chi connectivity index (χ0n) is 16.4. The number of rotatable bonds is 4. The Morgan fingerprint density at radius 2 is 2.11 bits per heavy atom. The summed E-state index contributed by atoms with van der Waals surface area (Å²) in [7, 11) is 0. The molecule has 1 fully saturated rings. The Hall–Kier alpha value is -2.05. The van der Waals surface area contributed by atoms with Gasteiger partial charge in [-0.3, -0.25) is 14.9 Å². The van der Waals surface area contributed by atoms with Crippen LogP contribution < -0.4 is 10.6 Å². The predicted molar refractivity (Wildman–Crippen MR) is 115 cm³/mol. The first-order valence-electron chi connectivity index (χ1n) is 9.14. The van der Waals surface area contributed by atoms with E-state index in [0.717, 1.165) is 5.96 Å². The van der Waals surface area contributed by atoms with Gasteiger partial charge < -0.3 is 25.2 Å². The molecule has 0 aliphatic carbocycles. The molecule has 2 aliphatic rings. The Balaban J connectivity index is 0.00000280. The van der Waals surface area contributed by atoms with Gasteiger partial charge in [-0.25, -0.2) is 4.79 Å². The van der Waals surface area contributed by atoms with Gasteiger partial charge in [-0.05, 0) is 26.8 Å². The Morgan fingerprint density at radius 1 is 1.32 bits per heavy atom. The molecule has 156 valence electrons. The van der Waals surface area contributed by atoms with E-state index in [9.17, 15) is 9.59 Å². The summed E-state index contributed by atoms with van der Waals surface area (Å²) in [5.41, 5.74) is -0.0557. The number of piperazine rings is 1. The van der Waals surface area contributed by atoms with Crippen LogP contribution in [-0.2, 0) is 4.74 Å². The van der Waals surface area contributed by atoms with Gasteiger partial charge in [-0.2, -0.15) is 5.10 Å². The Kier molecular flexibility index (Phi) is 7.49. The maximum atomic E-state index is 12.2. The van der Waals surface area contributed by atoms with Crippen LogP contribution in [0.15, 0.2) is 17.3 Å². The Labute approximate surface area is 181 Å². The molecule has 28 heavy (non-hydrogen) atoms. The fourth-order valence-electron chi connectivity index (χ4n) is 3.05. The lowest BCUT2D eigenvalue weighted by Crippen LogP contribution is -2.57. The van der Waals surface area contributed by atoms with Gasteiger partial charge in [-0.15, -0.1) is 24.0 Å². The molecule has 11 heteroatoms. The molecule has 1 saturated heterocycles. The standard InChI is InChI=1S/C17H27N7O3.HI/c1-17(2,3)27-16(26)23-8-9-24-12(11-23)10-20-15(24)19-7-6-18-14(25)13-4-5-21-22-13;/h4-5,12H,6-11H2,1-3H3,(H,18,25)(H,19,20)(H,21,22);1H. The zero-order valence-corrected chi connectivity index (χ0v) is 18.7. The van der Waals surface area contributed by atoms with Crippen molar-refractivity contribution in [3.63, 3.8) is 0 Å². The number of carbonyl (C=O) groups is 2. The van der Waals surface area contributed by atoms with E-state index in [1.165, 1.54) is 6.20 Å². The lowest BCUT2D eigenvalue weighted by atomic mass is 10.2. The molecule has 1 aromatic rings. The minimum atomic E-state index is -0.492. The quantitative estimate of drug-likeness (QED) is 0.409. The van der Waals surface area contributed by atoms with Gasteiger partial charge in [0.25, 0.3) is 5.91 Å².